The van der Waals surface area contributed by atoms with Gasteiger partial charge in [0.05, 0.1) is 23.4 Å². The molecule has 0 aliphatic heterocycles. The molecule has 0 bridgehead atoms. The second kappa shape index (κ2) is 12.6. The summed E-state index contributed by atoms with van der Waals surface area (Å²) < 4.78 is 12.1. The smallest absolute Gasteiger partial charge is 0.407 e. The van der Waals surface area contributed by atoms with Crippen LogP contribution in [0.25, 0.3) is 0 Å². The highest BCUT2D eigenvalue weighted by Crippen LogP contribution is 2.32. The van der Waals surface area contributed by atoms with Crippen LogP contribution in [0.1, 0.15) is 78.0 Å². The molecule has 1 heterocycles. The van der Waals surface area contributed by atoms with Gasteiger partial charge in [-0.3, -0.25) is 9.59 Å². The standard InChI is InChI=1S/C24H39N3O6/c1-17-7-9-20(10-8-17)27-15-19(26-16-27)14-18(21(28)29)6-5-11-25-23(31)33-13-12-32-22(30)24(2,3)4/h15-18,20H,5-14H2,1-4H3,(H,25,31)(H,28,29). The number of esters is 1. The van der Waals surface area contributed by atoms with Crippen molar-refractivity contribution in [2.75, 3.05) is 19.8 Å². The van der Waals surface area contributed by atoms with E-state index < -0.39 is 23.4 Å². The van der Waals surface area contributed by atoms with Crippen molar-refractivity contribution in [1.82, 2.24) is 14.9 Å². The lowest BCUT2D eigenvalue weighted by atomic mass is 9.87. The molecular weight excluding hydrogens is 426 g/mol. The molecule has 0 spiro atoms. The van der Waals surface area contributed by atoms with Gasteiger partial charge in [0.15, 0.2) is 0 Å². The zero-order valence-electron chi connectivity index (χ0n) is 20.3. The summed E-state index contributed by atoms with van der Waals surface area (Å²) in [7, 11) is 0. The number of nitrogens with one attached hydrogen (secondary N) is 1. The summed E-state index contributed by atoms with van der Waals surface area (Å²) in [5.74, 6) is -1.00. The largest absolute Gasteiger partial charge is 0.481 e. The first-order valence-electron chi connectivity index (χ1n) is 11.9. The van der Waals surface area contributed by atoms with Crippen molar-refractivity contribution in [1.29, 1.82) is 0 Å². The van der Waals surface area contributed by atoms with E-state index in [9.17, 15) is 19.5 Å². The quantitative estimate of drug-likeness (QED) is 0.375. The molecule has 1 aromatic heterocycles. The van der Waals surface area contributed by atoms with Crippen molar-refractivity contribution in [3.05, 3.63) is 18.2 Å². The second-order valence-corrected chi connectivity index (χ2v) is 10.1. The number of carbonyl (C=O) groups is 3. The molecule has 9 heteroatoms. The molecule has 1 aliphatic carbocycles. The summed E-state index contributed by atoms with van der Waals surface area (Å²) in [4.78, 5) is 39.5. The Bertz CT molecular complexity index is 777. The molecule has 2 rings (SSSR count). The van der Waals surface area contributed by atoms with Crippen molar-refractivity contribution in [3.63, 3.8) is 0 Å². The number of nitrogens with zero attached hydrogens (tertiary/aromatic N) is 2. The van der Waals surface area contributed by atoms with Gasteiger partial charge in [-0.15, -0.1) is 0 Å². The molecular formula is C24H39N3O6. The van der Waals surface area contributed by atoms with Gasteiger partial charge in [0, 0.05) is 25.2 Å². The highest BCUT2D eigenvalue weighted by atomic mass is 16.6. The topological polar surface area (TPSA) is 120 Å². The lowest BCUT2D eigenvalue weighted by molar-refractivity contribution is -0.154. The maximum atomic E-state index is 11.7. The third kappa shape index (κ3) is 9.43. The van der Waals surface area contributed by atoms with Crippen LogP contribution in [-0.4, -0.2) is 52.4 Å². The van der Waals surface area contributed by atoms with Crippen LogP contribution >= 0.6 is 0 Å². The van der Waals surface area contributed by atoms with Crippen molar-refractivity contribution >= 4 is 18.0 Å². The minimum Gasteiger partial charge on any atom is -0.481 e. The Labute approximate surface area is 196 Å². The van der Waals surface area contributed by atoms with E-state index in [1.54, 1.807) is 20.8 Å². The molecule has 2 N–H and O–H groups in total. The van der Waals surface area contributed by atoms with Crippen molar-refractivity contribution in [2.24, 2.45) is 17.3 Å². The van der Waals surface area contributed by atoms with E-state index >= 15 is 0 Å². The molecule has 33 heavy (non-hydrogen) atoms. The number of carboxylic acid groups (broad SMARTS) is 1. The van der Waals surface area contributed by atoms with Crippen LogP contribution in [0.4, 0.5) is 4.79 Å². The average Bonchev–Trinajstić information content (AvgIpc) is 3.21. The highest BCUT2D eigenvalue weighted by Gasteiger charge is 2.24. The lowest BCUT2D eigenvalue weighted by Gasteiger charge is -2.26. The summed E-state index contributed by atoms with van der Waals surface area (Å²) in [5.41, 5.74) is 0.188. The number of hydrogen-bond donors (Lipinski definition) is 2. The van der Waals surface area contributed by atoms with Gasteiger partial charge >= 0.3 is 18.0 Å². The second-order valence-electron chi connectivity index (χ2n) is 10.1. The summed E-state index contributed by atoms with van der Waals surface area (Å²) in [6.07, 6.45) is 9.20. The number of rotatable bonds is 11. The van der Waals surface area contributed by atoms with E-state index in [0.717, 1.165) is 24.5 Å². The van der Waals surface area contributed by atoms with Crippen LogP contribution in [-0.2, 0) is 25.5 Å². The first-order valence-corrected chi connectivity index (χ1v) is 11.9. The van der Waals surface area contributed by atoms with Gasteiger partial charge < -0.3 is 24.5 Å². The van der Waals surface area contributed by atoms with Gasteiger partial charge in [-0.25, -0.2) is 9.78 Å². The van der Waals surface area contributed by atoms with Crippen LogP contribution < -0.4 is 5.32 Å². The molecule has 0 saturated heterocycles. The maximum Gasteiger partial charge on any atom is 0.407 e. The Morgan fingerprint density at radius 2 is 1.85 bits per heavy atom. The van der Waals surface area contributed by atoms with Crippen LogP contribution in [0.3, 0.4) is 0 Å². The van der Waals surface area contributed by atoms with Crippen LogP contribution in [0.5, 0.6) is 0 Å². The molecule has 1 aliphatic rings. The number of alkyl carbamates (subject to hydrolysis) is 1. The molecule has 9 nitrogen and oxygen atoms in total. The van der Waals surface area contributed by atoms with Crippen molar-refractivity contribution in [3.8, 4) is 0 Å². The Balaban J connectivity index is 1.65. The van der Waals surface area contributed by atoms with Crippen molar-refractivity contribution in [2.45, 2.75) is 78.7 Å². The Hall–Kier alpha value is -2.58. The number of carboxylic acids is 1. The number of carbonyl (C=O) groups excluding carboxylic acids is 2. The molecule has 186 valence electrons. The number of aliphatic carboxylic acids is 1. The zero-order valence-corrected chi connectivity index (χ0v) is 20.3. The summed E-state index contributed by atoms with van der Waals surface area (Å²) in [6, 6.07) is 0.456. The van der Waals surface area contributed by atoms with E-state index in [1.807, 2.05) is 12.5 Å². The van der Waals surface area contributed by atoms with Gasteiger partial charge in [0.2, 0.25) is 0 Å². The number of imidazole rings is 1. The normalized spacial score (nSPS) is 19.5. The molecule has 1 atom stereocenters. The van der Waals surface area contributed by atoms with Gasteiger partial charge in [0.25, 0.3) is 0 Å². The molecule has 1 saturated carbocycles. The van der Waals surface area contributed by atoms with E-state index in [-0.39, 0.29) is 19.2 Å². The molecule has 1 unspecified atom stereocenters. The van der Waals surface area contributed by atoms with Crippen LogP contribution in [0.2, 0.25) is 0 Å². The fourth-order valence-electron chi connectivity index (χ4n) is 3.87. The van der Waals surface area contributed by atoms with Crippen LogP contribution in [0.15, 0.2) is 12.5 Å². The van der Waals surface area contributed by atoms with Crippen molar-refractivity contribution < 1.29 is 29.0 Å². The minimum atomic E-state index is -0.862. The van der Waals surface area contributed by atoms with Gasteiger partial charge in [0.1, 0.15) is 13.2 Å². The fourth-order valence-corrected chi connectivity index (χ4v) is 3.87. The SMILES string of the molecule is CC1CCC(n2cnc(CC(CCCNC(=O)OCCOC(=O)C(C)(C)C)C(=O)O)c2)CC1. The molecule has 0 aromatic carbocycles. The van der Waals surface area contributed by atoms with Gasteiger partial charge in [-0.1, -0.05) is 6.92 Å². The van der Waals surface area contributed by atoms with Crippen LogP contribution in [0, 0.1) is 17.3 Å². The fraction of sp³-hybridized carbons (Fsp3) is 0.750. The first-order chi connectivity index (χ1) is 15.6. The average molecular weight is 466 g/mol. The maximum absolute atomic E-state index is 11.7. The van der Waals surface area contributed by atoms with Gasteiger partial charge in [-0.2, -0.15) is 0 Å². The highest BCUT2D eigenvalue weighted by molar-refractivity contribution is 5.75. The first kappa shape index (κ1) is 26.7. The van der Waals surface area contributed by atoms with E-state index in [0.29, 0.717) is 31.8 Å². The van der Waals surface area contributed by atoms with E-state index in [4.69, 9.17) is 9.47 Å². The Morgan fingerprint density at radius 3 is 2.48 bits per heavy atom. The van der Waals surface area contributed by atoms with E-state index in [2.05, 4.69) is 21.8 Å². The third-order valence-corrected chi connectivity index (χ3v) is 6.03. The zero-order chi connectivity index (χ0) is 24.4. The predicted molar refractivity (Wildman–Crippen MR) is 123 cm³/mol. The third-order valence-electron chi connectivity index (χ3n) is 6.03. The van der Waals surface area contributed by atoms with Gasteiger partial charge in [-0.05, 0) is 65.2 Å². The predicted octanol–water partition coefficient (Wildman–Crippen LogP) is 3.97. The Kier molecular flexibility index (Phi) is 10.2. The number of ether oxygens (including phenoxy) is 2. The summed E-state index contributed by atoms with van der Waals surface area (Å²) in [5, 5.41) is 12.2. The number of hydrogen-bond acceptors (Lipinski definition) is 6. The molecule has 1 aromatic rings. The molecule has 0 radical (unpaired) electrons. The lowest BCUT2D eigenvalue weighted by Crippen LogP contribution is -2.29. The summed E-state index contributed by atoms with van der Waals surface area (Å²) >= 11 is 0. The number of aromatic nitrogens is 2. The van der Waals surface area contributed by atoms with E-state index in [1.165, 1.54) is 12.8 Å². The monoisotopic (exact) mass is 465 g/mol. The molecule has 1 fully saturated rings. The Morgan fingerprint density at radius 1 is 1.18 bits per heavy atom. The minimum absolute atomic E-state index is 0.00284. The summed E-state index contributed by atoms with van der Waals surface area (Å²) in [6.45, 7) is 7.79. The number of amides is 1. The molecule has 1 amide bonds.